The number of nitrogens with two attached hydrogens (primary N) is 1. The molecular weight excluding hydrogens is 262 g/mol. The van der Waals surface area contributed by atoms with Crippen LogP contribution in [0.3, 0.4) is 0 Å². The Labute approximate surface area is 119 Å². The number of amides is 1. The lowest BCUT2D eigenvalue weighted by atomic mass is 10.0. The number of hydrogen-bond donors (Lipinski definition) is 2. The average Bonchev–Trinajstić information content (AvgIpc) is 2.27. The number of anilines is 2. The van der Waals surface area contributed by atoms with Crippen molar-refractivity contribution < 1.29 is 4.79 Å². The van der Waals surface area contributed by atoms with Crippen LogP contribution in [0.15, 0.2) is 18.2 Å². The minimum absolute atomic E-state index is 0.181. The summed E-state index contributed by atoms with van der Waals surface area (Å²) in [4.78, 5) is 14.0. The Kier molecular flexibility index (Phi) is 5.63. The third-order valence-electron chi connectivity index (χ3n) is 2.76. The van der Waals surface area contributed by atoms with E-state index in [0.717, 1.165) is 5.69 Å². The highest BCUT2D eigenvalue weighted by atomic mass is 35.5. The second kappa shape index (κ2) is 6.78. The van der Waals surface area contributed by atoms with Gasteiger partial charge in [-0.3, -0.25) is 4.79 Å². The molecule has 1 rings (SSSR count). The van der Waals surface area contributed by atoms with Crippen LogP contribution in [-0.4, -0.2) is 26.0 Å². The van der Waals surface area contributed by atoms with Crippen LogP contribution in [0.5, 0.6) is 0 Å². The van der Waals surface area contributed by atoms with Crippen LogP contribution >= 0.6 is 11.6 Å². The molecule has 1 amide bonds. The van der Waals surface area contributed by atoms with Gasteiger partial charge in [0.1, 0.15) is 0 Å². The lowest BCUT2D eigenvalue weighted by Crippen LogP contribution is -2.37. The van der Waals surface area contributed by atoms with E-state index in [1.807, 2.05) is 38.9 Å². The molecule has 0 aliphatic heterocycles. The molecular formula is C14H22ClN3O. The smallest absolute Gasteiger partial charge is 0.241 e. The normalized spacial score (nSPS) is 12.4. The van der Waals surface area contributed by atoms with Gasteiger partial charge in [-0.1, -0.05) is 25.4 Å². The predicted octanol–water partition coefficient (Wildman–Crippen LogP) is 2.72. The molecule has 0 spiro atoms. The first kappa shape index (κ1) is 15.8. The molecule has 0 fully saturated rings. The van der Waals surface area contributed by atoms with Crippen molar-refractivity contribution in [1.29, 1.82) is 0 Å². The first-order valence-electron chi connectivity index (χ1n) is 6.34. The van der Waals surface area contributed by atoms with E-state index in [2.05, 4.69) is 5.32 Å². The van der Waals surface area contributed by atoms with E-state index >= 15 is 0 Å². The van der Waals surface area contributed by atoms with Gasteiger partial charge in [0.05, 0.1) is 17.4 Å². The van der Waals surface area contributed by atoms with Gasteiger partial charge in [-0.25, -0.2) is 0 Å². The summed E-state index contributed by atoms with van der Waals surface area (Å²) in [7, 11) is 3.82. The van der Waals surface area contributed by atoms with E-state index in [-0.39, 0.29) is 5.91 Å². The topological polar surface area (TPSA) is 58.4 Å². The Bertz CT molecular complexity index is 446. The summed E-state index contributed by atoms with van der Waals surface area (Å²) in [5.74, 6) is 0.201. The highest BCUT2D eigenvalue weighted by Crippen LogP contribution is 2.28. The number of hydrogen-bond acceptors (Lipinski definition) is 3. The largest absolute Gasteiger partial charge is 0.376 e. The molecule has 106 valence electrons. The second-order valence-corrected chi connectivity index (χ2v) is 5.72. The number of nitrogens with one attached hydrogen (secondary N) is 1. The second-order valence-electron chi connectivity index (χ2n) is 5.28. The lowest BCUT2D eigenvalue weighted by molar-refractivity contribution is -0.117. The summed E-state index contributed by atoms with van der Waals surface area (Å²) >= 11 is 5.97. The summed E-state index contributed by atoms with van der Waals surface area (Å²) in [6, 6.07) is 4.89. The van der Waals surface area contributed by atoms with Gasteiger partial charge < -0.3 is 16.0 Å². The van der Waals surface area contributed by atoms with Crippen molar-refractivity contribution in [2.75, 3.05) is 24.3 Å². The fourth-order valence-electron chi connectivity index (χ4n) is 1.84. The van der Waals surface area contributed by atoms with Crippen molar-refractivity contribution in [3.05, 3.63) is 23.2 Å². The van der Waals surface area contributed by atoms with E-state index in [1.165, 1.54) is 0 Å². The van der Waals surface area contributed by atoms with Crippen molar-refractivity contribution in [2.45, 2.75) is 26.3 Å². The molecule has 0 unspecified atom stereocenters. The Balaban J connectivity index is 2.86. The van der Waals surface area contributed by atoms with E-state index in [1.54, 1.807) is 12.1 Å². The maximum atomic E-state index is 12.0. The molecule has 0 heterocycles. The Hall–Kier alpha value is -1.26. The number of rotatable bonds is 5. The number of benzene rings is 1. The molecule has 0 saturated heterocycles. The van der Waals surface area contributed by atoms with Crippen LogP contribution in [0.25, 0.3) is 0 Å². The zero-order valence-corrected chi connectivity index (χ0v) is 12.7. The lowest BCUT2D eigenvalue weighted by Gasteiger charge is -2.20. The van der Waals surface area contributed by atoms with Crippen molar-refractivity contribution in [3.8, 4) is 0 Å². The van der Waals surface area contributed by atoms with E-state index < -0.39 is 6.04 Å². The number of carbonyl (C=O) groups excluding carboxylic acids is 1. The van der Waals surface area contributed by atoms with E-state index in [9.17, 15) is 4.79 Å². The SMILES string of the molecule is CC(C)C[C@H](N)C(=O)Nc1cc(Cl)ccc1N(C)C. The molecule has 1 aromatic rings. The summed E-state index contributed by atoms with van der Waals surface area (Å²) in [5, 5.41) is 3.43. The van der Waals surface area contributed by atoms with Gasteiger partial charge in [-0.15, -0.1) is 0 Å². The van der Waals surface area contributed by atoms with Gasteiger partial charge in [-0.05, 0) is 30.5 Å². The highest BCUT2D eigenvalue weighted by Gasteiger charge is 2.17. The number of nitrogens with zero attached hydrogens (tertiary/aromatic N) is 1. The Morgan fingerprint density at radius 2 is 2.05 bits per heavy atom. The monoisotopic (exact) mass is 283 g/mol. The fraction of sp³-hybridized carbons (Fsp3) is 0.500. The molecule has 4 nitrogen and oxygen atoms in total. The van der Waals surface area contributed by atoms with Gasteiger partial charge in [-0.2, -0.15) is 0 Å². The van der Waals surface area contributed by atoms with Crippen molar-refractivity contribution in [2.24, 2.45) is 11.7 Å². The Morgan fingerprint density at radius 1 is 1.42 bits per heavy atom. The highest BCUT2D eigenvalue weighted by molar-refractivity contribution is 6.31. The van der Waals surface area contributed by atoms with Crippen molar-refractivity contribution in [3.63, 3.8) is 0 Å². The van der Waals surface area contributed by atoms with Crippen molar-refractivity contribution in [1.82, 2.24) is 0 Å². The zero-order valence-electron chi connectivity index (χ0n) is 11.9. The maximum absolute atomic E-state index is 12.0. The molecule has 1 atom stereocenters. The third-order valence-corrected chi connectivity index (χ3v) is 3.00. The summed E-state index contributed by atoms with van der Waals surface area (Å²) in [6.45, 7) is 4.08. The van der Waals surface area contributed by atoms with E-state index in [0.29, 0.717) is 23.0 Å². The van der Waals surface area contributed by atoms with Gasteiger partial charge in [0, 0.05) is 19.1 Å². The third kappa shape index (κ3) is 4.73. The molecule has 1 aromatic carbocycles. The molecule has 19 heavy (non-hydrogen) atoms. The molecule has 0 aliphatic carbocycles. The van der Waals surface area contributed by atoms with Gasteiger partial charge >= 0.3 is 0 Å². The zero-order chi connectivity index (χ0) is 14.6. The van der Waals surface area contributed by atoms with Crippen LogP contribution in [0.2, 0.25) is 5.02 Å². The van der Waals surface area contributed by atoms with Crippen LogP contribution in [-0.2, 0) is 4.79 Å². The molecule has 0 radical (unpaired) electrons. The predicted molar refractivity (Wildman–Crippen MR) is 81.8 cm³/mol. The summed E-state index contributed by atoms with van der Waals surface area (Å²) in [5.41, 5.74) is 7.45. The van der Waals surface area contributed by atoms with Crippen molar-refractivity contribution >= 4 is 28.9 Å². The van der Waals surface area contributed by atoms with Gasteiger partial charge in [0.2, 0.25) is 5.91 Å². The van der Waals surface area contributed by atoms with Crippen LogP contribution in [0.4, 0.5) is 11.4 Å². The number of carbonyl (C=O) groups is 1. The summed E-state index contributed by atoms with van der Waals surface area (Å²) < 4.78 is 0. The van der Waals surface area contributed by atoms with Gasteiger partial charge in [0.25, 0.3) is 0 Å². The molecule has 0 aromatic heterocycles. The molecule has 0 saturated carbocycles. The Morgan fingerprint density at radius 3 is 2.58 bits per heavy atom. The first-order valence-corrected chi connectivity index (χ1v) is 6.72. The quantitative estimate of drug-likeness (QED) is 0.873. The standard InChI is InChI=1S/C14H22ClN3O/c1-9(2)7-11(16)14(19)17-12-8-10(15)5-6-13(12)18(3)4/h5-6,8-9,11H,7,16H2,1-4H3,(H,17,19)/t11-/m0/s1. The average molecular weight is 284 g/mol. The van der Waals surface area contributed by atoms with Crippen LogP contribution in [0.1, 0.15) is 20.3 Å². The molecule has 0 aliphatic rings. The molecule has 5 heteroatoms. The number of halogens is 1. The fourth-order valence-corrected chi connectivity index (χ4v) is 2.01. The molecule has 0 bridgehead atoms. The minimum atomic E-state index is -0.506. The molecule has 3 N–H and O–H groups in total. The van der Waals surface area contributed by atoms with Crippen LogP contribution in [0, 0.1) is 5.92 Å². The first-order chi connectivity index (χ1) is 8.81. The minimum Gasteiger partial charge on any atom is -0.376 e. The summed E-state index contributed by atoms with van der Waals surface area (Å²) in [6.07, 6.45) is 0.656. The maximum Gasteiger partial charge on any atom is 0.241 e. The van der Waals surface area contributed by atoms with Gasteiger partial charge in [0.15, 0.2) is 0 Å². The van der Waals surface area contributed by atoms with Crippen LogP contribution < -0.4 is 16.0 Å². The van der Waals surface area contributed by atoms with E-state index in [4.69, 9.17) is 17.3 Å².